The van der Waals surface area contributed by atoms with E-state index in [4.69, 9.17) is 22.1 Å². The molecule has 1 atom stereocenters. The van der Waals surface area contributed by atoms with Crippen molar-refractivity contribution in [2.75, 3.05) is 11.5 Å². The van der Waals surface area contributed by atoms with Gasteiger partial charge in [0.25, 0.3) is 0 Å². The molecule has 1 unspecified atom stereocenters. The number of rotatable bonds is 3. The van der Waals surface area contributed by atoms with Gasteiger partial charge < -0.3 is 10.5 Å². The van der Waals surface area contributed by atoms with Crippen LogP contribution in [0.15, 0.2) is 23.1 Å². The number of halogens is 1. The Kier molecular flexibility index (Phi) is 3.97. The van der Waals surface area contributed by atoms with Crippen LogP contribution in [0.3, 0.4) is 0 Å². The van der Waals surface area contributed by atoms with Crippen LogP contribution in [0.25, 0.3) is 0 Å². The van der Waals surface area contributed by atoms with Crippen LogP contribution >= 0.6 is 23.4 Å². The first-order valence-electron chi connectivity index (χ1n) is 7.03. The summed E-state index contributed by atoms with van der Waals surface area (Å²) in [4.78, 5) is 1.10. The fourth-order valence-electron chi connectivity index (χ4n) is 3.22. The third kappa shape index (κ3) is 3.04. The first-order chi connectivity index (χ1) is 9.17. The molecule has 1 aliphatic carbocycles. The van der Waals surface area contributed by atoms with E-state index in [0.717, 1.165) is 21.4 Å². The Bertz CT molecular complexity index is 459. The molecule has 1 aromatic carbocycles. The molecule has 0 radical (unpaired) electrons. The maximum atomic E-state index is 6.31. The van der Waals surface area contributed by atoms with E-state index in [1.165, 1.54) is 38.5 Å². The van der Waals surface area contributed by atoms with Crippen LogP contribution in [-0.2, 0) is 4.74 Å². The Morgan fingerprint density at radius 3 is 2.84 bits per heavy atom. The quantitative estimate of drug-likeness (QED) is 0.659. The summed E-state index contributed by atoms with van der Waals surface area (Å²) in [5.74, 6) is 0.991. The molecule has 1 saturated heterocycles. The number of thioether (sulfide) groups is 1. The third-order valence-electron chi connectivity index (χ3n) is 4.23. The van der Waals surface area contributed by atoms with E-state index in [0.29, 0.717) is 6.10 Å². The van der Waals surface area contributed by atoms with Crippen molar-refractivity contribution in [3.8, 4) is 0 Å². The molecule has 1 aromatic rings. The largest absolute Gasteiger partial charge is 0.399 e. The average molecular weight is 298 g/mol. The zero-order valence-corrected chi connectivity index (χ0v) is 12.6. The van der Waals surface area contributed by atoms with E-state index >= 15 is 0 Å². The smallest absolute Gasteiger partial charge is 0.0687 e. The van der Waals surface area contributed by atoms with Gasteiger partial charge >= 0.3 is 0 Å². The first-order valence-corrected chi connectivity index (χ1v) is 8.39. The van der Waals surface area contributed by atoms with Crippen molar-refractivity contribution >= 4 is 29.1 Å². The number of hydrogen-bond acceptors (Lipinski definition) is 3. The third-order valence-corrected chi connectivity index (χ3v) is 5.86. The van der Waals surface area contributed by atoms with Crippen LogP contribution in [0, 0.1) is 0 Å². The highest BCUT2D eigenvalue weighted by molar-refractivity contribution is 7.99. The van der Waals surface area contributed by atoms with Crippen molar-refractivity contribution in [1.29, 1.82) is 0 Å². The van der Waals surface area contributed by atoms with Crippen LogP contribution in [-0.4, -0.2) is 17.5 Å². The van der Waals surface area contributed by atoms with Crippen molar-refractivity contribution in [3.05, 3.63) is 23.2 Å². The lowest BCUT2D eigenvalue weighted by Crippen LogP contribution is -2.25. The van der Waals surface area contributed by atoms with Crippen molar-refractivity contribution < 1.29 is 4.74 Å². The van der Waals surface area contributed by atoms with Gasteiger partial charge in [0.1, 0.15) is 0 Å². The highest BCUT2D eigenvalue weighted by Crippen LogP contribution is 2.44. The summed E-state index contributed by atoms with van der Waals surface area (Å²) < 4.78 is 6.31. The Morgan fingerprint density at radius 1 is 1.32 bits per heavy atom. The number of anilines is 1. The number of benzene rings is 1. The van der Waals surface area contributed by atoms with Crippen LogP contribution in [0.2, 0.25) is 5.02 Å². The van der Waals surface area contributed by atoms with Gasteiger partial charge in [-0.05, 0) is 43.9 Å². The van der Waals surface area contributed by atoms with Gasteiger partial charge in [-0.1, -0.05) is 24.4 Å². The summed E-state index contributed by atoms with van der Waals surface area (Å²) in [6, 6.07) is 5.72. The fraction of sp³-hybridized carbons (Fsp3) is 0.600. The van der Waals surface area contributed by atoms with E-state index < -0.39 is 0 Å². The summed E-state index contributed by atoms with van der Waals surface area (Å²) in [5, 5.41) is 0.749. The van der Waals surface area contributed by atoms with Crippen LogP contribution < -0.4 is 5.73 Å². The summed E-state index contributed by atoms with van der Waals surface area (Å²) in [5.41, 5.74) is 6.66. The lowest BCUT2D eigenvalue weighted by atomic mass is 9.98. The molecule has 1 heterocycles. The molecule has 3 rings (SSSR count). The van der Waals surface area contributed by atoms with Gasteiger partial charge in [0.2, 0.25) is 0 Å². The monoisotopic (exact) mass is 297 g/mol. The van der Waals surface area contributed by atoms with Crippen molar-refractivity contribution in [1.82, 2.24) is 0 Å². The van der Waals surface area contributed by atoms with Crippen molar-refractivity contribution in [2.24, 2.45) is 0 Å². The predicted molar refractivity (Wildman–Crippen MR) is 81.9 cm³/mol. The normalized spacial score (nSPS) is 25.2. The van der Waals surface area contributed by atoms with Gasteiger partial charge in [0.05, 0.1) is 16.7 Å². The predicted octanol–water partition coefficient (Wildman–Crippen LogP) is 4.51. The number of nitrogen functional groups attached to an aromatic ring is 1. The molecule has 104 valence electrons. The summed E-state index contributed by atoms with van der Waals surface area (Å²) in [6.45, 7) is 0. The molecular weight excluding hydrogens is 278 g/mol. The molecular formula is C15H20ClNOS. The second-order valence-electron chi connectivity index (χ2n) is 5.67. The molecule has 1 aliphatic heterocycles. The van der Waals surface area contributed by atoms with Gasteiger partial charge in [-0.25, -0.2) is 0 Å². The topological polar surface area (TPSA) is 35.2 Å². The first kappa shape index (κ1) is 13.6. The Balaban J connectivity index is 1.55. The minimum absolute atomic E-state index is 0.232. The molecule has 1 spiro atoms. The van der Waals surface area contributed by atoms with E-state index in [1.54, 1.807) is 11.8 Å². The standard InChI is InChI=1S/C15H20ClNOS/c16-13-9-11(17)3-4-14(13)19-10-12-5-8-15(18-12)6-1-2-7-15/h3-4,9,12H,1-2,5-8,10,17H2. The van der Waals surface area contributed by atoms with Gasteiger partial charge in [-0.2, -0.15) is 0 Å². The number of nitrogens with two attached hydrogens (primary N) is 1. The lowest BCUT2D eigenvalue weighted by molar-refractivity contribution is -0.0267. The number of hydrogen-bond donors (Lipinski definition) is 1. The highest BCUT2D eigenvalue weighted by Gasteiger charge is 2.41. The van der Waals surface area contributed by atoms with Crippen LogP contribution in [0.5, 0.6) is 0 Å². The Labute approximate surface area is 124 Å². The molecule has 4 heteroatoms. The maximum Gasteiger partial charge on any atom is 0.0687 e. The summed E-state index contributed by atoms with van der Waals surface area (Å²) in [6.07, 6.45) is 8.02. The molecule has 2 nitrogen and oxygen atoms in total. The Hall–Kier alpha value is -0.380. The molecule has 0 amide bonds. The van der Waals surface area contributed by atoms with Gasteiger partial charge in [-0.15, -0.1) is 11.8 Å². The van der Waals surface area contributed by atoms with E-state index in [-0.39, 0.29) is 5.60 Å². The second-order valence-corrected chi connectivity index (χ2v) is 7.14. The molecule has 1 saturated carbocycles. The molecule has 2 aliphatic rings. The molecule has 2 fully saturated rings. The molecule has 0 aromatic heterocycles. The molecule has 2 N–H and O–H groups in total. The van der Waals surface area contributed by atoms with Crippen LogP contribution in [0.4, 0.5) is 5.69 Å². The van der Waals surface area contributed by atoms with E-state index in [2.05, 4.69) is 0 Å². The fourth-order valence-corrected chi connectivity index (χ4v) is 4.53. The van der Waals surface area contributed by atoms with Crippen molar-refractivity contribution in [2.45, 2.75) is 55.1 Å². The lowest BCUT2D eigenvalue weighted by Gasteiger charge is -2.23. The summed E-state index contributed by atoms with van der Waals surface area (Å²) >= 11 is 7.98. The number of ether oxygens (including phenoxy) is 1. The highest BCUT2D eigenvalue weighted by atomic mass is 35.5. The van der Waals surface area contributed by atoms with E-state index in [1.807, 2.05) is 18.2 Å². The molecule has 0 bridgehead atoms. The van der Waals surface area contributed by atoms with Gasteiger partial charge in [0.15, 0.2) is 0 Å². The minimum Gasteiger partial charge on any atom is -0.399 e. The van der Waals surface area contributed by atoms with Crippen molar-refractivity contribution in [3.63, 3.8) is 0 Å². The van der Waals surface area contributed by atoms with Gasteiger partial charge in [-0.3, -0.25) is 0 Å². The summed E-state index contributed by atoms with van der Waals surface area (Å²) in [7, 11) is 0. The maximum absolute atomic E-state index is 6.31. The second kappa shape index (κ2) is 5.55. The zero-order valence-electron chi connectivity index (χ0n) is 11.0. The Morgan fingerprint density at radius 2 is 2.11 bits per heavy atom. The average Bonchev–Trinajstić information content (AvgIpc) is 2.99. The van der Waals surface area contributed by atoms with Gasteiger partial charge in [0, 0.05) is 16.3 Å². The molecule has 19 heavy (non-hydrogen) atoms. The SMILES string of the molecule is Nc1ccc(SCC2CCC3(CCCC3)O2)c(Cl)c1. The minimum atomic E-state index is 0.232. The zero-order chi connectivity index (χ0) is 13.3. The van der Waals surface area contributed by atoms with Crippen LogP contribution in [0.1, 0.15) is 38.5 Å². The van der Waals surface area contributed by atoms with E-state index in [9.17, 15) is 0 Å².